The summed E-state index contributed by atoms with van der Waals surface area (Å²) in [4.78, 5) is 3.25. The maximum absolute atomic E-state index is 6.34. The zero-order chi connectivity index (χ0) is 3.70. The molecular formula is C4H6ClN. The SMILES string of the molecule is Cl.[C-]#[N+]C1CC1. The molecule has 0 saturated heterocycles. The molecule has 2 heteroatoms. The van der Waals surface area contributed by atoms with Crippen molar-refractivity contribution in [1.82, 2.24) is 0 Å². The van der Waals surface area contributed by atoms with Gasteiger partial charge in [0.25, 0.3) is 0 Å². The highest BCUT2D eigenvalue weighted by Crippen LogP contribution is 2.22. The van der Waals surface area contributed by atoms with E-state index in [4.69, 9.17) is 6.57 Å². The van der Waals surface area contributed by atoms with Crippen LogP contribution in [-0.4, -0.2) is 6.04 Å². The molecule has 0 bridgehead atoms. The third kappa shape index (κ3) is 1.28. The fourth-order valence-corrected chi connectivity index (χ4v) is 0.204. The molecule has 0 atom stereocenters. The molecule has 0 unspecified atom stereocenters. The third-order valence-corrected chi connectivity index (χ3v) is 0.729. The first kappa shape index (κ1) is 5.78. The average molecular weight is 104 g/mol. The molecule has 1 saturated carbocycles. The standard InChI is InChI=1S/C4H5N.ClH/c1-5-4-2-3-4;/h4H,2-3H2;1H. The summed E-state index contributed by atoms with van der Waals surface area (Å²) in [5, 5.41) is 0. The lowest BCUT2D eigenvalue weighted by molar-refractivity contribution is 1.30. The van der Waals surface area contributed by atoms with Crippen molar-refractivity contribution < 1.29 is 0 Å². The molecule has 0 aromatic heterocycles. The predicted octanol–water partition coefficient (Wildman–Crippen LogP) is 1.49. The highest BCUT2D eigenvalue weighted by molar-refractivity contribution is 5.85. The van der Waals surface area contributed by atoms with Crippen molar-refractivity contribution in [3.05, 3.63) is 11.4 Å². The van der Waals surface area contributed by atoms with Crippen molar-refractivity contribution in [2.75, 3.05) is 0 Å². The van der Waals surface area contributed by atoms with Gasteiger partial charge < -0.3 is 4.85 Å². The monoisotopic (exact) mass is 103 g/mol. The van der Waals surface area contributed by atoms with Crippen LogP contribution in [0.15, 0.2) is 0 Å². The van der Waals surface area contributed by atoms with E-state index in [9.17, 15) is 0 Å². The Hall–Kier alpha value is -0.220. The minimum absolute atomic E-state index is 0. The van der Waals surface area contributed by atoms with Gasteiger partial charge in [-0.15, -0.1) is 12.4 Å². The summed E-state index contributed by atoms with van der Waals surface area (Å²) in [5.74, 6) is 0. The van der Waals surface area contributed by atoms with Crippen LogP contribution in [0.1, 0.15) is 12.8 Å². The van der Waals surface area contributed by atoms with E-state index >= 15 is 0 Å². The average Bonchev–Trinajstić information content (AvgIpc) is 2.12. The maximum atomic E-state index is 6.34. The van der Waals surface area contributed by atoms with E-state index in [0.29, 0.717) is 6.04 Å². The molecule has 1 aliphatic carbocycles. The summed E-state index contributed by atoms with van der Waals surface area (Å²) < 4.78 is 0. The molecule has 1 nitrogen and oxygen atoms in total. The number of nitrogens with zero attached hydrogens (tertiary/aromatic N) is 1. The van der Waals surface area contributed by atoms with Crippen molar-refractivity contribution in [2.45, 2.75) is 18.9 Å². The number of hydrogen-bond donors (Lipinski definition) is 0. The Kier molecular flexibility index (Phi) is 1.97. The van der Waals surface area contributed by atoms with Crippen molar-refractivity contribution in [3.63, 3.8) is 0 Å². The Morgan fingerprint density at radius 2 is 2.00 bits per heavy atom. The molecule has 0 N–H and O–H groups in total. The third-order valence-electron chi connectivity index (χ3n) is 0.729. The van der Waals surface area contributed by atoms with E-state index in [1.165, 1.54) is 0 Å². The molecule has 1 aliphatic rings. The Labute approximate surface area is 43.6 Å². The van der Waals surface area contributed by atoms with Gasteiger partial charge >= 0.3 is 0 Å². The van der Waals surface area contributed by atoms with Crippen LogP contribution in [0.4, 0.5) is 0 Å². The van der Waals surface area contributed by atoms with Gasteiger partial charge in [0.2, 0.25) is 6.04 Å². The zero-order valence-electron chi connectivity index (χ0n) is 3.35. The quantitative estimate of drug-likeness (QED) is 0.409. The van der Waals surface area contributed by atoms with Gasteiger partial charge in [0.15, 0.2) is 0 Å². The van der Waals surface area contributed by atoms with E-state index in [0.717, 1.165) is 12.8 Å². The highest BCUT2D eigenvalue weighted by Gasteiger charge is 2.26. The first-order chi connectivity index (χ1) is 2.43. The van der Waals surface area contributed by atoms with E-state index in [1.54, 1.807) is 0 Å². The Bertz CT molecular complexity index is 70.1. The van der Waals surface area contributed by atoms with Gasteiger partial charge in [-0.1, -0.05) is 0 Å². The van der Waals surface area contributed by atoms with Gasteiger partial charge in [-0.3, -0.25) is 0 Å². The molecule has 0 aliphatic heterocycles. The van der Waals surface area contributed by atoms with Gasteiger partial charge in [-0.05, 0) is 0 Å². The minimum Gasteiger partial charge on any atom is -0.314 e. The Morgan fingerprint density at radius 1 is 1.50 bits per heavy atom. The summed E-state index contributed by atoms with van der Waals surface area (Å²) >= 11 is 0. The van der Waals surface area contributed by atoms with Crippen molar-refractivity contribution in [1.29, 1.82) is 0 Å². The second-order valence-corrected chi connectivity index (χ2v) is 1.36. The zero-order valence-corrected chi connectivity index (χ0v) is 4.16. The fourth-order valence-electron chi connectivity index (χ4n) is 0.204. The van der Waals surface area contributed by atoms with Crippen LogP contribution in [0.3, 0.4) is 0 Å². The number of halogens is 1. The van der Waals surface area contributed by atoms with Crippen molar-refractivity contribution in [2.24, 2.45) is 0 Å². The summed E-state index contributed by atoms with van der Waals surface area (Å²) in [6.45, 7) is 6.34. The number of hydrogen-bond acceptors (Lipinski definition) is 0. The van der Waals surface area contributed by atoms with Crippen LogP contribution in [0, 0.1) is 6.57 Å². The van der Waals surface area contributed by atoms with Gasteiger partial charge in [-0.2, -0.15) is 0 Å². The second-order valence-electron chi connectivity index (χ2n) is 1.36. The lowest BCUT2D eigenvalue weighted by Crippen LogP contribution is -1.55. The van der Waals surface area contributed by atoms with Gasteiger partial charge in [0, 0.05) is 12.8 Å². The van der Waals surface area contributed by atoms with E-state index in [-0.39, 0.29) is 12.4 Å². The first-order valence-electron chi connectivity index (χ1n) is 1.80. The molecule has 0 aromatic rings. The van der Waals surface area contributed by atoms with E-state index in [1.807, 2.05) is 0 Å². The maximum Gasteiger partial charge on any atom is 0.224 e. The smallest absolute Gasteiger partial charge is 0.224 e. The van der Waals surface area contributed by atoms with Crippen LogP contribution in [-0.2, 0) is 0 Å². The van der Waals surface area contributed by atoms with Crippen LogP contribution in [0.25, 0.3) is 4.85 Å². The largest absolute Gasteiger partial charge is 0.314 e. The lowest BCUT2D eigenvalue weighted by Gasteiger charge is -1.56. The lowest BCUT2D eigenvalue weighted by atomic mass is 10.8. The summed E-state index contributed by atoms with van der Waals surface area (Å²) in [6, 6.07) is 0.426. The van der Waals surface area contributed by atoms with Gasteiger partial charge in [-0.25, -0.2) is 6.57 Å². The molecule has 0 aromatic carbocycles. The highest BCUT2D eigenvalue weighted by atomic mass is 35.5. The van der Waals surface area contributed by atoms with E-state index < -0.39 is 0 Å². The van der Waals surface area contributed by atoms with Crippen LogP contribution >= 0.6 is 12.4 Å². The molecule has 0 amide bonds. The van der Waals surface area contributed by atoms with E-state index in [2.05, 4.69) is 4.85 Å². The fraction of sp³-hybridized carbons (Fsp3) is 0.750. The molecule has 6 heavy (non-hydrogen) atoms. The van der Waals surface area contributed by atoms with Gasteiger partial charge in [0.05, 0.1) is 0 Å². The molecule has 1 rings (SSSR count). The molecule has 0 spiro atoms. The summed E-state index contributed by atoms with van der Waals surface area (Å²) in [5.41, 5.74) is 0. The van der Waals surface area contributed by atoms with Crippen LogP contribution in [0.5, 0.6) is 0 Å². The van der Waals surface area contributed by atoms with Crippen molar-refractivity contribution >= 4 is 12.4 Å². The second kappa shape index (κ2) is 2.04. The first-order valence-corrected chi connectivity index (χ1v) is 1.80. The summed E-state index contributed by atoms with van der Waals surface area (Å²) in [6.07, 6.45) is 2.31. The molecule has 0 heterocycles. The topological polar surface area (TPSA) is 4.36 Å². The van der Waals surface area contributed by atoms with Crippen molar-refractivity contribution in [3.8, 4) is 0 Å². The minimum atomic E-state index is 0. The number of rotatable bonds is 0. The Balaban J connectivity index is 0.000000250. The normalized spacial score (nSPS) is 17.8. The van der Waals surface area contributed by atoms with Crippen LogP contribution < -0.4 is 0 Å². The molecule has 34 valence electrons. The summed E-state index contributed by atoms with van der Waals surface area (Å²) in [7, 11) is 0. The molecular weight excluding hydrogens is 97.5 g/mol. The molecule has 1 fully saturated rings. The predicted molar refractivity (Wildman–Crippen MR) is 26.9 cm³/mol. The molecule has 0 radical (unpaired) electrons. The van der Waals surface area contributed by atoms with Crippen LogP contribution in [0.2, 0.25) is 0 Å². The van der Waals surface area contributed by atoms with Gasteiger partial charge in [0.1, 0.15) is 0 Å². The Morgan fingerprint density at radius 3 is 2.00 bits per heavy atom.